The molecule has 0 spiro atoms. The van der Waals surface area contributed by atoms with E-state index in [1.54, 1.807) is 6.20 Å². The number of amides is 1. The summed E-state index contributed by atoms with van der Waals surface area (Å²) >= 11 is 0. The van der Waals surface area contributed by atoms with Crippen molar-refractivity contribution in [3.63, 3.8) is 0 Å². The van der Waals surface area contributed by atoms with Gasteiger partial charge >= 0.3 is 0 Å². The zero-order chi connectivity index (χ0) is 14.7. The number of rotatable bonds is 5. The Morgan fingerprint density at radius 3 is 2.85 bits per heavy atom. The van der Waals surface area contributed by atoms with Gasteiger partial charge in [0.1, 0.15) is 5.82 Å². The van der Waals surface area contributed by atoms with Crippen LogP contribution in [0.5, 0.6) is 0 Å². The van der Waals surface area contributed by atoms with E-state index in [0.29, 0.717) is 18.7 Å². The number of hydrogen-bond donors (Lipinski definition) is 3. The molecule has 0 saturated carbocycles. The number of imidazole rings is 1. The molecule has 0 atom stereocenters. The van der Waals surface area contributed by atoms with Crippen LogP contribution in [-0.2, 0) is 13.5 Å². The normalized spacial score (nSPS) is 11.0. The van der Waals surface area contributed by atoms with Crippen molar-refractivity contribution in [2.45, 2.75) is 26.2 Å². The van der Waals surface area contributed by atoms with Crippen LogP contribution < -0.4 is 11.1 Å². The molecule has 7 heteroatoms. The van der Waals surface area contributed by atoms with Crippen LogP contribution in [0.2, 0.25) is 0 Å². The summed E-state index contributed by atoms with van der Waals surface area (Å²) in [6.45, 7) is 4.48. The monoisotopic (exact) mass is 276 g/mol. The molecular weight excluding hydrogens is 256 g/mol. The van der Waals surface area contributed by atoms with Crippen molar-refractivity contribution in [3.05, 3.63) is 29.6 Å². The first-order valence-corrected chi connectivity index (χ1v) is 6.58. The van der Waals surface area contributed by atoms with Crippen LogP contribution in [-0.4, -0.2) is 32.2 Å². The van der Waals surface area contributed by atoms with Crippen LogP contribution in [0.4, 0.5) is 5.69 Å². The van der Waals surface area contributed by atoms with Gasteiger partial charge in [0.2, 0.25) is 0 Å². The summed E-state index contributed by atoms with van der Waals surface area (Å²) in [5, 5.41) is 9.61. The average molecular weight is 276 g/mol. The van der Waals surface area contributed by atoms with E-state index in [1.807, 2.05) is 31.7 Å². The predicted molar refractivity (Wildman–Crippen MR) is 76.3 cm³/mol. The molecule has 20 heavy (non-hydrogen) atoms. The van der Waals surface area contributed by atoms with Crippen molar-refractivity contribution in [1.29, 1.82) is 0 Å². The molecule has 2 heterocycles. The van der Waals surface area contributed by atoms with E-state index in [2.05, 4.69) is 20.5 Å². The summed E-state index contributed by atoms with van der Waals surface area (Å²) in [7, 11) is 1.92. The molecule has 0 saturated heterocycles. The van der Waals surface area contributed by atoms with E-state index in [0.717, 1.165) is 11.5 Å². The van der Waals surface area contributed by atoms with Gasteiger partial charge in [-0.1, -0.05) is 13.8 Å². The summed E-state index contributed by atoms with van der Waals surface area (Å²) < 4.78 is 1.92. The largest absolute Gasteiger partial charge is 0.395 e. The first-order chi connectivity index (χ1) is 9.50. The number of aromatic nitrogens is 4. The Morgan fingerprint density at radius 2 is 2.30 bits per heavy atom. The minimum Gasteiger partial charge on any atom is -0.395 e. The van der Waals surface area contributed by atoms with E-state index in [-0.39, 0.29) is 17.5 Å². The Hall–Kier alpha value is -2.31. The SMILES string of the molecule is CC(C)c1[nH]nc(C(=O)NCCc2nccn2C)c1N. The summed E-state index contributed by atoms with van der Waals surface area (Å²) in [5.41, 5.74) is 7.40. The van der Waals surface area contributed by atoms with Gasteiger partial charge in [-0.15, -0.1) is 0 Å². The topological polar surface area (TPSA) is 102 Å². The second-order valence-electron chi connectivity index (χ2n) is 5.01. The highest BCUT2D eigenvalue weighted by atomic mass is 16.1. The van der Waals surface area contributed by atoms with E-state index in [9.17, 15) is 4.79 Å². The standard InChI is InChI=1S/C13H20N6O/c1-8(2)11-10(14)12(18-17-11)13(20)16-5-4-9-15-6-7-19(9)3/h6-8H,4-5,14H2,1-3H3,(H,16,20)(H,17,18). The Morgan fingerprint density at radius 1 is 1.55 bits per heavy atom. The van der Waals surface area contributed by atoms with Crippen LogP contribution >= 0.6 is 0 Å². The van der Waals surface area contributed by atoms with Crippen LogP contribution in [0.15, 0.2) is 12.4 Å². The molecule has 2 rings (SSSR count). The summed E-state index contributed by atoms with van der Waals surface area (Å²) in [4.78, 5) is 16.2. The molecule has 0 aliphatic carbocycles. The summed E-state index contributed by atoms with van der Waals surface area (Å²) in [5.74, 6) is 0.861. The van der Waals surface area contributed by atoms with Crippen molar-refractivity contribution in [2.75, 3.05) is 12.3 Å². The Kier molecular flexibility index (Phi) is 4.07. The zero-order valence-electron chi connectivity index (χ0n) is 12.0. The number of H-pyrrole nitrogens is 1. The third-order valence-electron chi connectivity index (χ3n) is 3.18. The molecule has 0 unspecified atom stereocenters. The lowest BCUT2D eigenvalue weighted by Crippen LogP contribution is -2.27. The van der Waals surface area contributed by atoms with Crippen molar-refractivity contribution < 1.29 is 4.79 Å². The molecule has 7 nitrogen and oxygen atoms in total. The lowest BCUT2D eigenvalue weighted by Gasteiger charge is -2.05. The second-order valence-corrected chi connectivity index (χ2v) is 5.01. The lowest BCUT2D eigenvalue weighted by atomic mass is 10.1. The molecule has 108 valence electrons. The fourth-order valence-electron chi connectivity index (χ4n) is 1.99. The van der Waals surface area contributed by atoms with Crippen LogP contribution in [0.25, 0.3) is 0 Å². The third kappa shape index (κ3) is 2.81. The molecule has 0 aliphatic rings. The highest BCUT2D eigenvalue weighted by Crippen LogP contribution is 2.21. The van der Waals surface area contributed by atoms with Gasteiger partial charge in [0.05, 0.1) is 11.4 Å². The number of nitrogens with one attached hydrogen (secondary N) is 2. The predicted octanol–water partition coefficient (Wildman–Crippen LogP) is 0.821. The number of aromatic amines is 1. The summed E-state index contributed by atoms with van der Waals surface area (Å²) in [6, 6.07) is 0. The number of carbonyl (C=O) groups excluding carboxylic acids is 1. The lowest BCUT2D eigenvalue weighted by molar-refractivity contribution is 0.0950. The van der Waals surface area contributed by atoms with Gasteiger partial charge in [0.25, 0.3) is 5.91 Å². The number of nitrogens with two attached hydrogens (primary N) is 1. The fourth-order valence-corrected chi connectivity index (χ4v) is 1.99. The average Bonchev–Trinajstić information content (AvgIpc) is 2.96. The number of nitrogens with zero attached hydrogens (tertiary/aromatic N) is 3. The van der Waals surface area contributed by atoms with Gasteiger partial charge in [-0.05, 0) is 5.92 Å². The Balaban J connectivity index is 1.94. The maximum absolute atomic E-state index is 12.0. The maximum atomic E-state index is 12.0. The minimum absolute atomic E-state index is 0.205. The van der Waals surface area contributed by atoms with Gasteiger partial charge in [-0.25, -0.2) is 4.98 Å². The molecule has 1 amide bonds. The number of anilines is 1. The van der Waals surface area contributed by atoms with Crippen molar-refractivity contribution in [1.82, 2.24) is 25.1 Å². The maximum Gasteiger partial charge on any atom is 0.273 e. The minimum atomic E-state index is -0.264. The molecule has 2 aromatic rings. The van der Waals surface area contributed by atoms with Crippen LogP contribution in [0.3, 0.4) is 0 Å². The Bertz CT molecular complexity index is 598. The van der Waals surface area contributed by atoms with Gasteiger partial charge < -0.3 is 15.6 Å². The van der Waals surface area contributed by atoms with Crippen molar-refractivity contribution in [3.8, 4) is 0 Å². The van der Waals surface area contributed by atoms with Crippen LogP contribution in [0, 0.1) is 0 Å². The number of aryl methyl sites for hydroxylation is 1. The molecule has 0 aromatic carbocycles. The quantitative estimate of drug-likeness (QED) is 0.752. The van der Waals surface area contributed by atoms with Crippen molar-refractivity contribution >= 4 is 11.6 Å². The highest BCUT2D eigenvalue weighted by molar-refractivity contribution is 5.97. The van der Waals surface area contributed by atoms with E-state index in [4.69, 9.17) is 5.73 Å². The molecule has 2 aromatic heterocycles. The number of hydrogen-bond acceptors (Lipinski definition) is 4. The fraction of sp³-hybridized carbons (Fsp3) is 0.462. The van der Waals surface area contributed by atoms with Gasteiger partial charge in [0.15, 0.2) is 5.69 Å². The first kappa shape index (κ1) is 14.1. The first-order valence-electron chi connectivity index (χ1n) is 6.58. The number of nitrogen functional groups attached to an aromatic ring is 1. The Labute approximate surface area is 117 Å². The smallest absolute Gasteiger partial charge is 0.273 e. The highest BCUT2D eigenvalue weighted by Gasteiger charge is 2.18. The van der Waals surface area contributed by atoms with E-state index < -0.39 is 0 Å². The summed E-state index contributed by atoms with van der Waals surface area (Å²) in [6.07, 6.45) is 4.27. The molecule has 0 radical (unpaired) electrons. The van der Waals surface area contributed by atoms with Crippen LogP contribution in [0.1, 0.15) is 41.8 Å². The van der Waals surface area contributed by atoms with E-state index >= 15 is 0 Å². The van der Waals surface area contributed by atoms with Gasteiger partial charge in [0, 0.05) is 32.4 Å². The molecule has 0 fully saturated rings. The molecular formula is C13H20N6O. The van der Waals surface area contributed by atoms with Gasteiger partial charge in [-0.2, -0.15) is 5.10 Å². The molecule has 0 aliphatic heterocycles. The third-order valence-corrected chi connectivity index (χ3v) is 3.18. The second kappa shape index (κ2) is 5.77. The molecule has 0 bridgehead atoms. The zero-order valence-corrected chi connectivity index (χ0v) is 12.0. The number of carbonyl (C=O) groups is 1. The molecule has 4 N–H and O–H groups in total. The van der Waals surface area contributed by atoms with E-state index in [1.165, 1.54) is 0 Å². The van der Waals surface area contributed by atoms with Gasteiger partial charge in [-0.3, -0.25) is 9.89 Å². The van der Waals surface area contributed by atoms with Crippen molar-refractivity contribution in [2.24, 2.45) is 7.05 Å².